The predicted molar refractivity (Wildman–Crippen MR) is 118 cm³/mol. The number of fused-ring (bicyclic) bond motifs is 1. The zero-order valence-corrected chi connectivity index (χ0v) is 17.9. The SMILES string of the molecule is CCn1ncc2c(NC3CCOCC3)c(C(=O)NCc3ccc(C)cc3C)cnc21. The maximum absolute atomic E-state index is 13.1. The summed E-state index contributed by atoms with van der Waals surface area (Å²) in [5.74, 6) is -0.136. The Morgan fingerprint density at radius 3 is 2.77 bits per heavy atom. The van der Waals surface area contributed by atoms with Crippen molar-refractivity contribution in [1.29, 1.82) is 0 Å². The lowest BCUT2D eigenvalue weighted by Gasteiger charge is -2.25. The first-order valence-electron chi connectivity index (χ1n) is 10.6. The second kappa shape index (κ2) is 8.83. The lowest BCUT2D eigenvalue weighted by Crippen LogP contribution is -2.30. The molecule has 2 aromatic heterocycles. The quantitative estimate of drug-likeness (QED) is 0.653. The van der Waals surface area contributed by atoms with E-state index < -0.39 is 0 Å². The van der Waals surface area contributed by atoms with Gasteiger partial charge in [0.15, 0.2) is 5.65 Å². The highest BCUT2D eigenvalue weighted by Crippen LogP contribution is 2.28. The van der Waals surface area contributed by atoms with Crippen LogP contribution in [0, 0.1) is 13.8 Å². The van der Waals surface area contributed by atoms with Gasteiger partial charge in [-0.05, 0) is 44.7 Å². The molecule has 30 heavy (non-hydrogen) atoms. The van der Waals surface area contributed by atoms with Crippen molar-refractivity contribution in [2.45, 2.75) is 52.7 Å². The maximum atomic E-state index is 13.1. The summed E-state index contributed by atoms with van der Waals surface area (Å²) < 4.78 is 7.33. The number of aromatic nitrogens is 3. The third-order valence-corrected chi connectivity index (χ3v) is 5.72. The third-order valence-electron chi connectivity index (χ3n) is 5.72. The van der Waals surface area contributed by atoms with Gasteiger partial charge in [0.1, 0.15) is 0 Å². The molecule has 3 aromatic rings. The molecule has 7 heteroatoms. The van der Waals surface area contributed by atoms with Crippen molar-refractivity contribution in [1.82, 2.24) is 20.1 Å². The standard InChI is InChI=1S/C23H29N5O2/c1-4-28-22-19(14-26-28)21(27-18-7-9-30-10-8-18)20(13-24-22)23(29)25-12-17-6-5-15(2)11-16(17)3/h5-6,11,13-14,18H,4,7-10,12H2,1-3H3,(H,24,27)(H,25,29). The molecule has 0 bridgehead atoms. The number of nitrogens with zero attached hydrogens (tertiary/aromatic N) is 3. The summed E-state index contributed by atoms with van der Waals surface area (Å²) in [5.41, 5.74) is 5.65. The first kappa shape index (κ1) is 20.3. The molecule has 1 saturated heterocycles. The molecule has 0 aliphatic carbocycles. The average Bonchev–Trinajstić information content (AvgIpc) is 3.17. The molecule has 1 amide bonds. The van der Waals surface area contributed by atoms with E-state index in [0.29, 0.717) is 12.1 Å². The molecule has 0 saturated carbocycles. The Hall–Kier alpha value is -2.93. The van der Waals surface area contributed by atoms with Crippen molar-refractivity contribution in [2.75, 3.05) is 18.5 Å². The molecule has 1 fully saturated rings. The van der Waals surface area contributed by atoms with Gasteiger partial charge in [0.2, 0.25) is 0 Å². The third kappa shape index (κ3) is 4.16. The highest BCUT2D eigenvalue weighted by molar-refractivity contribution is 6.06. The summed E-state index contributed by atoms with van der Waals surface area (Å²) in [6.45, 7) is 8.84. The molecular formula is C23H29N5O2. The van der Waals surface area contributed by atoms with Gasteiger partial charge in [-0.1, -0.05) is 23.8 Å². The van der Waals surface area contributed by atoms with E-state index in [1.807, 2.05) is 11.6 Å². The van der Waals surface area contributed by atoms with E-state index in [2.05, 4.69) is 52.8 Å². The number of carbonyl (C=O) groups is 1. The van der Waals surface area contributed by atoms with E-state index in [4.69, 9.17) is 4.74 Å². The van der Waals surface area contributed by atoms with Crippen LogP contribution in [-0.4, -0.2) is 39.9 Å². The number of rotatable bonds is 6. The number of anilines is 1. The molecule has 2 N–H and O–H groups in total. The van der Waals surface area contributed by atoms with E-state index in [-0.39, 0.29) is 11.9 Å². The number of amides is 1. The molecular weight excluding hydrogens is 378 g/mol. The average molecular weight is 408 g/mol. The maximum Gasteiger partial charge on any atom is 0.255 e. The smallest absolute Gasteiger partial charge is 0.255 e. The van der Waals surface area contributed by atoms with E-state index in [1.54, 1.807) is 12.4 Å². The molecule has 0 radical (unpaired) electrons. The van der Waals surface area contributed by atoms with Crippen LogP contribution in [0.1, 0.15) is 46.8 Å². The Balaban J connectivity index is 1.62. The van der Waals surface area contributed by atoms with Crippen LogP contribution in [0.3, 0.4) is 0 Å². The summed E-state index contributed by atoms with van der Waals surface area (Å²) in [7, 11) is 0. The van der Waals surface area contributed by atoms with Gasteiger partial charge < -0.3 is 15.4 Å². The first-order valence-corrected chi connectivity index (χ1v) is 10.6. The van der Waals surface area contributed by atoms with Gasteiger partial charge in [-0.15, -0.1) is 0 Å². The minimum absolute atomic E-state index is 0.136. The molecule has 158 valence electrons. The van der Waals surface area contributed by atoms with Gasteiger partial charge in [0, 0.05) is 38.5 Å². The van der Waals surface area contributed by atoms with Crippen molar-refractivity contribution >= 4 is 22.6 Å². The Bertz CT molecular complexity index is 1050. The summed E-state index contributed by atoms with van der Waals surface area (Å²) >= 11 is 0. The summed E-state index contributed by atoms with van der Waals surface area (Å²) in [6, 6.07) is 6.53. The second-order valence-corrected chi connectivity index (χ2v) is 7.89. The van der Waals surface area contributed by atoms with Crippen molar-refractivity contribution in [3.8, 4) is 0 Å². The number of hydrogen-bond acceptors (Lipinski definition) is 5. The number of nitrogens with one attached hydrogen (secondary N) is 2. The van der Waals surface area contributed by atoms with Crippen molar-refractivity contribution < 1.29 is 9.53 Å². The van der Waals surface area contributed by atoms with Crippen LogP contribution in [0.5, 0.6) is 0 Å². The van der Waals surface area contributed by atoms with Crippen LogP contribution in [0.25, 0.3) is 11.0 Å². The van der Waals surface area contributed by atoms with Crippen LogP contribution in [0.4, 0.5) is 5.69 Å². The Morgan fingerprint density at radius 2 is 2.03 bits per heavy atom. The van der Waals surface area contributed by atoms with Crippen molar-refractivity contribution in [2.24, 2.45) is 0 Å². The van der Waals surface area contributed by atoms with Crippen LogP contribution >= 0.6 is 0 Å². The lowest BCUT2D eigenvalue weighted by atomic mass is 10.0. The van der Waals surface area contributed by atoms with Gasteiger partial charge >= 0.3 is 0 Å². The van der Waals surface area contributed by atoms with Crippen LogP contribution in [0.2, 0.25) is 0 Å². The molecule has 0 unspecified atom stereocenters. The summed E-state index contributed by atoms with van der Waals surface area (Å²) in [4.78, 5) is 17.7. The zero-order chi connectivity index (χ0) is 21.1. The number of pyridine rings is 1. The Kier molecular flexibility index (Phi) is 5.99. The topological polar surface area (TPSA) is 81.1 Å². The molecule has 4 rings (SSSR count). The van der Waals surface area contributed by atoms with E-state index in [1.165, 1.54) is 11.1 Å². The fourth-order valence-corrected chi connectivity index (χ4v) is 3.95. The molecule has 0 spiro atoms. The molecule has 0 atom stereocenters. The minimum atomic E-state index is -0.136. The second-order valence-electron chi connectivity index (χ2n) is 7.89. The molecule has 1 aliphatic rings. The number of benzene rings is 1. The number of ether oxygens (including phenoxy) is 1. The van der Waals surface area contributed by atoms with Crippen LogP contribution < -0.4 is 10.6 Å². The molecule has 1 aromatic carbocycles. The fourth-order valence-electron chi connectivity index (χ4n) is 3.95. The predicted octanol–water partition coefficient (Wildman–Crippen LogP) is 3.59. The van der Waals surface area contributed by atoms with E-state index in [9.17, 15) is 4.79 Å². The molecule has 3 heterocycles. The van der Waals surface area contributed by atoms with Crippen molar-refractivity contribution in [3.05, 3.63) is 52.8 Å². The van der Waals surface area contributed by atoms with Crippen LogP contribution in [0.15, 0.2) is 30.6 Å². The first-order chi connectivity index (χ1) is 14.6. The summed E-state index contributed by atoms with van der Waals surface area (Å²) in [5, 5.41) is 12.0. The van der Waals surface area contributed by atoms with E-state index >= 15 is 0 Å². The number of aryl methyl sites for hydroxylation is 3. The fraction of sp³-hybridized carbons (Fsp3) is 0.435. The largest absolute Gasteiger partial charge is 0.381 e. The van der Waals surface area contributed by atoms with Gasteiger partial charge in [-0.2, -0.15) is 5.10 Å². The number of hydrogen-bond donors (Lipinski definition) is 2. The highest BCUT2D eigenvalue weighted by atomic mass is 16.5. The zero-order valence-electron chi connectivity index (χ0n) is 17.9. The molecule has 1 aliphatic heterocycles. The number of carbonyl (C=O) groups excluding carboxylic acids is 1. The highest BCUT2D eigenvalue weighted by Gasteiger charge is 2.22. The van der Waals surface area contributed by atoms with Crippen molar-refractivity contribution in [3.63, 3.8) is 0 Å². The van der Waals surface area contributed by atoms with E-state index in [0.717, 1.165) is 54.9 Å². The Morgan fingerprint density at radius 1 is 1.23 bits per heavy atom. The molecule has 7 nitrogen and oxygen atoms in total. The lowest BCUT2D eigenvalue weighted by molar-refractivity contribution is 0.0904. The van der Waals surface area contributed by atoms with Gasteiger partial charge in [0.25, 0.3) is 5.91 Å². The summed E-state index contributed by atoms with van der Waals surface area (Å²) in [6.07, 6.45) is 5.29. The minimum Gasteiger partial charge on any atom is -0.381 e. The monoisotopic (exact) mass is 407 g/mol. The Labute approximate surface area is 176 Å². The van der Waals surface area contributed by atoms with Gasteiger partial charge in [-0.3, -0.25) is 4.79 Å². The normalized spacial score (nSPS) is 14.8. The van der Waals surface area contributed by atoms with Gasteiger partial charge in [-0.25, -0.2) is 9.67 Å². The van der Waals surface area contributed by atoms with Crippen LogP contribution in [-0.2, 0) is 17.8 Å². The van der Waals surface area contributed by atoms with Gasteiger partial charge in [0.05, 0.1) is 22.8 Å².